The second kappa shape index (κ2) is 9.39. The van der Waals surface area contributed by atoms with Gasteiger partial charge in [0.25, 0.3) is 0 Å². The Labute approximate surface area is 197 Å². The number of aryl methyl sites for hydroxylation is 1. The standard InChI is InChI=1S/C23H30N6OS2/c1-3-15-8-9-18-16(12-15)13-19(32-18)22-26-27-23(28(22)2)31-14-21(30)25-20-10-11-24-29(20)17-6-4-5-7-17/h10-11,13,15,17H,3-9,12,14H2,1-2H3,(H,25,30). The summed E-state index contributed by atoms with van der Waals surface area (Å²) in [4.78, 5) is 15.3. The second-order valence-electron chi connectivity index (χ2n) is 8.88. The van der Waals surface area contributed by atoms with Crippen LogP contribution in [0.25, 0.3) is 10.7 Å². The lowest BCUT2D eigenvalue weighted by atomic mass is 9.87. The van der Waals surface area contributed by atoms with Gasteiger partial charge < -0.3 is 9.88 Å². The molecule has 3 heterocycles. The molecule has 1 atom stereocenters. The number of nitrogens with zero attached hydrogens (tertiary/aromatic N) is 5. The van der Waals surface area contributed by atoms with E-state index in [1.165, 1.54) is 65.6 Å². The lowest BCUT2D eigenvalue weighted by molar-refractivity contribution is -0.113. The monoisotopic (exact) mass is 470 g/mol. The number of thiophene rings is 1. The van der Waals surface area contributed by atoms with Gasteiger partial charge in [0.05, 0.1) is 22.9 Å². The summed E-state index contributed by atoms with van der Waals surface area (Å²) in [6.07, 6.45) is 11.4. The first-order valence-electron chi connectivity index (χ1n) is 11.6. The number of carbonyl (C=O) groups is 1. The van der Waals surface area contributed by atoms with Gasteiger partial charge in [0.2, 0.25) is 5.91 Å². The molecule has 32 heavy (non-hydrogen) atoms. The highest BCUT2D eigenvalue weighted by atomic mass is 32.2. The van der Waals surface area contributed by atoms with Crippen LogP contribution in [0.3, 0.4) is 0 Å². The summed E-state index contributed by atoms with van der Waals surface area (Å²) < 4.78 is 3.98. The van der Waals surface area contributed by atoms with Crippen LogP contribution in [0.2, 0.25) is 0 Å². The third kappa shape index (κ3) is 4.37. The summed E-state index contributed by atoms with van der Waals surface area (Å²) in [6, 6.07) is 4.58. The molecule has 1 fully saturated rings. The van der Waals surface area contributed by atoms with E-state index in [-0.39, 0.29) is 5.91 Å². The number of fused-ring (bicyclic) bond motifs is 1. The van der Waals surface area contributed by atoms with Crippen LogP contribution in [0.4, 0.5) is 5.82 Å². The number of hydrogen-bond donors (Lipinski definition) is 1. The van der Waals surface area contributed by atoms with E-state index < -0.39 is 0 Å². The largest absolute Gasteiger partial charge is 0.310 e. The second-order valence-corrected chi connectivity index (χ2v) is 11.0. The van der Waals surface area contributed by atoms with Crippen LogP contribution in [0.5, 0.6) is 0 Å². The van der Waals surface area contributed by atoms with Crippen molar-refractivity contribution in [2.24, 2.45) is 13.0 Å². The van der Waals surface area contributed by atoms with Crippen molar-refractivity contribution in [3.05, 3.63) is 28.8 Å². The lowest BCUT2D eigenvalue weighted by Gasteiger charge is -2.19. The van der Waals surface area contributed by atoms with E-state index in [9.17, 15) is 4.79 Å². The fourth-order valence-electron chi connectivity index (χ4n) is 4.88. The van der Waals surface area contributed by atoms with Gasteiger partial charge in [-0.15, -0.1) is 21.5 Å². The number of nitrogens with one attached hydrogen (secondary N) is 1. The summed E-state index contributed by atoms with van der Waals surface area (Å²) in [5.41, 5.74) is 1.48. The Balaban J connectivity index is 1.22. The number of aromatic nitrogens is 5. The summed E-state index contributed by atoms with van der Waals surface area (Å²) >= 11 is 3.27. The Bertz CT molecular complexity index is 1090. The van der Waals surface area contributed by atoms with Crippen LogP contribution in [0, 0.1) is 5.92 Å². The summed E-state index contributed by atoms with van der Waals surface area (Å²) in [7, 11) is 1.98. The van der Waals surface area contributed by atoms with Crippen LogP contribution < -0.4 is 5.32 Å². The Kier molecular flexibility index (Phi) is 6.37. The minimum atomic E-state index is -0.0449. The van der Waals surface area contributed by atoms with Crippen molar-refractivity contribution in [3.8, 4) is 10.7 Å². The molecule has 1 N–H and O–H groups in total. The number of thioether (sulfide) groups is 1. The molecule has 1 saturated carbocycles. The van der Waals surface area contributed by atoms with Gasteiger partial charge in [-0.3, -0.25) is 4.79 Å². The van der Waals surface area contributed by atoms with Gasteiger partial charge in [-0.1, -0.05) is 37.9 Å². The summed E-state index contributed by atoms with van der Waals surface area (Å²) in [5, 5.41) is 17.0. The zero-order chi connectivity index (χ0) is 22.1. The third-order valence-corrected chi connectivity index (χ3v) is 9.01. The number of anilines is 1. The summed E-state index contributed by atoms with van der Waals surface area (Å²) in [5.74, 6) is 2.73. The smallest absolute Gasteiger partial charge is 0.235 e. The first-order valence-corrected chi connectivity index (χ1v) is 13.4. The number of carbonyl (C=O) groups excluding carboxylic acids is 1. The molecule has 3 aromatic heterocycles. The van der Waals surface area contributed by atoms with Gasteiger partial charge in [0, 0.05) is 18.0 Å². The molecular formula is C23H30N6OS2. The highest BCUT2D eigenvalue weighted by molar-refractivity contribution is 7.99. The van der Waals surface area contributed by atoms with Crippen LogP contribution >= 0.6 is 23.1 Å². The van der Waals surface area contributed by atoms with Crippen molar-refractivity contribution in [1.82, 2.24) is 24.5 Å². The van der Waals surface area contributed by atoms with E-state index in [4.69, 9.17) is 0 Å². The molecule has 7 nitrogen and oxygen atoms in total. The van der Waals surface area contributed by atoms with E-state index >= 15 is 0 Å². The lowest BCUT2D eigenvalue weighted by Crippen LogP contribution is -2.19. The molecule has 1 amide bonds. The maximum absolute atomic E-state index is 12.6. The van der Waals surface area contributed by atoms with Crippen molar-refractivity contribution < 1.29 is 4.79 Å². The Morgan fingerprint density at radius 2 is 2.12 bits per heavy atom. The molecule has 0 spiro atoms. The van der Waals surface area contributed by atoms with Crippen molar-refractivity contribution in [2.45, 2.75) is 69.5 Å². The van der Waals surface area contributed by atoms with E-state index in [0.29, 0.717) is 11.8 Å². The van der Waals surface area contributed by atoms with E-state index in [2.05, 4.69) is 33.6 Å². The average molecular weight is 471 g/mol. The van der Waals surface area contributed by atoms with Gasteiger partial charge in [0.1, 0.15) is 5.82 Å². The van der Waals surface area contributed by atoms with Crippen molar-refractivity contribution in [3.63, 3.8) is 0 Å². The first kappa shape index (κ1) is 21.7. The minimum Gasteiger partial charge on any atom is -0.310 e. The van der Waals surface area contributed by atoms with Crippen LogP contribution in [-0.4, -0.2) is 36.2 Å². The zero-order valence-corrected chi connectivity index (χ0v) is 20.3. The van der Waals surface area contributed by atoms with Gasteiger partial charge in [-0.2, -0.15) is 5.10 Å². The summed E-state index contributed by atoms with van der Waals surface area (Å²) in [6.45, 7) is 2.29. The molecule has 5 rings (SSSR count). The highest BCUT2D eigenvalue weighted by Crippen LogP contribution is 2.38. The van der Waals surface area contributed by atoms with Gasteiger partial charge in [-0.05, 0) is 49.7 Å². The maximum Gasteiger partial charge on any atom is 0.235 e. The molecular weight excluding hydrogens is 440 g/mol. The van der Waals surface area contributed by atoms with Crippen molar-refractivity contribution in [1.29, 1.82) is 0 Å². The Hall–Kier alpha value is -2.13. The van der Waals surface area contributed by atoms with Crippen molar-refractivity contribution in [2.75, 3.05) is 11.1 Å². The molecule has 0 bridgehead atoms. The number of rotatable bonds is 7. The highest BCUT2D eigenvalue weighted by Gasteiger charge is 2.23. The Morgan fingerprint density at radius 3 is 2.94 bits per heavy atom. The normalized spacial score (nSPS) is 18.8. The molecule has 2 aliphatic carbocycles. The quantitative estimate of drug-likeness (QED) is 0.486. The first-order chi connectivity index (χ1) is 15.6. The molecule has 0 aromatic carbocycles. The fraction of sp³-hybridized carbons (Fsp3) is 0.565. The maximum atomic E-state index is 12.6. The van der Waals surface area contributed by atoms with Gasteiger partial charge >= 0.3 is 0 Å². The van der Waals surface area contributed by atoms with Crippen LogP contribution in [0.1, 0.15) is 61.9 Å². The molecule has 1 unspecified atom stereocenters. The van der Waals surface area contributed by atoms with E-state index in [1.54, 1.807) is 6.20 Å². The van der Waals surface area contributed by atoms with Crippen molar-refractivity contribution >= 4 is 34.8 Å². The molecule has 170 valence electrons. The van der Waals surface area contributed by atoms with Crippen LogP contribution in [-0.2, 0) is 24.7 Å². The molecule has 0 saturated heterocycles. The molecule has 0 radical (unpaired) electrons. The number of amides is 1. The van der Waals surface area contributed by atoms with Gasteiger partial charge in [-0.25, -0.2) is 4.68 Å². The molecule has 3 aromatic rings. The zero-order valence-electron chi connectivity index (χ0n) is 18.7. The molecule has 2 aliphatic rings. The van der Waals surface area contributed by atoms with Gasteiger partial charge in [0.15, 0.2) is 11.0 Å². The minimum absolute atomic E-state index is 0.0449. The predicted molar refractivity (Wildman–Crippen MR) is 129 cm³/mol. The predicted octanol–water partition coefficient (Wildman–Crippen LogP) is 5.10. The molecule has 9 heteroatoms. The fourth-order valence-corrected chi connectivity index (χ4v) is 6.82. The van der Waals surface area contributed by atoms with E-state index in [0.717, 1.165) is 35.6 Å². The third-order valence-electron chi connectivity index (χ3n) is 6.76. The molecule has 0 aliphatic heterocycles. The number of hydrogen-bond acceptors (Lipinski definition) is 6. The SMILES string of the molecule is CCC1CCc2sc(-c3nnc(SCC(=O)Nc4ccnn4C4CCCC4)n3C)cc2C1. The topological polar surface area (TPSA) is 77.6 Å². The van der Waals surface area contributed by atoms with E-state index in [1.807, 2.05) is 33.7 Å². The average Bonchev–Trinajstić information content (AvgIpc) is 3.58. The Morgan fingerprint density at radius 1 is 1.28 bits per heavy atom. The van der Waals surface area contributed by atoms with Crippen LogP contribution in [0.15, 0.2) is 23.5 Å².